The molecular weight excluding hydrogens is 232 g/mol. The lowest BCUT2D eigenvalue weighted by Crippen LogP contribution is -2.10. The smallest absolute Gasteiger partial charge is 0.340 e. The summed E-state index contributed by atoms with van der Waals surface area (Å²) in [6.07, 6.45) is 0. The Kier molecular flexibility index (Phi) is 3.42. The molecule has 7 heteroatoms. The van der Waals surface area contributed by atoms with Crippen LogP contribution >= 0.6 is 0 Å². The zero-order chi connectivity index (χ0) is 13.2. The molecule has 0 unspecified atom stereocenters. The standard InChI is InChI=1S/C10H10O7/c1-16-5-3-4(9(12)13)6(10(14)15)8(17-2)7(5)11/h3,11H,1-2H3,(H,12,13)(H,14,15). The van der Waals surface area contributed by atoms with Gasteiger partial charge in [0, 0.05) is 0 Å². The van der Waals surface area contributed by atoms with Gasteiger partial charge in [0.1, 0.15) is 5.56 Å². The van der Waals surface area contributed by atoms with Crippen LogP contribution in [0.5, 0.6) is 17.2 Å². The van der Waals surface area contributed by atoms with Crippen molar-refractivity contribution in [3.8, 4) is 17.2 Å². The number of carboxylic acids is 2. The van der Waals surface area contributed by atoms with Gasteiger partial charge in [-0.3, -0.25) is 0 Å². The Hall–Kier alpha value is -2.44. The SMILES string of the molecule is COc1cc(C(=O)O)c(C(=O)O)c(OC)c1O. The number of benzene rings is 1. The number of rotatable bonds is 4. The van der Waals surface area contributed by atoms with Crippen molar-refractivity contribution in [1.82, 2.24) is 0 Å². The fourth-order valence-corrected chi connectivity index (χ4v) is 1.36. The summed E-state index contributed by atoms with van der Waals surface area (Å²) < 4.78 is 9.42. The maximum Gasteiger partial charge on any atom is 0.340 e. The van der Waals surface area contributed by atoms with Crippen molar-refractivity contribution >= 4 is 11.9 Å². The monoisotopic (exact) mass is 242 g/mol. The number of aromatic carboxylic acids is 2. The Balaban J connectivity index is 3.70. The van der Waals surface area contributed by atoms with Gasteiger partial charge in [0.05, 0.1) is 19.8 Å². The average molecular weight is 242 g/mol. The summed E-state index contributed by atoms with van der Waals surface area (Å²) in [5, 5.41) is 27.4. The van der Waals surface area contributed by atoms with Gasteiger partial charge in [-0.1, -0.05) is 0 Å². The fourth-order valence-electron chi connectivity index (χ4n) is 1.36. The first-order chi connectivity index (χ1) is 7.93. The highest BCUT2D eigenvalue weighted by molar-refractivity contribution is 6.05. The molecule has 7 nitrogen and oxygen atoms in total. The number of aromatic hydroxyl groups is 1. The highest BCUT2D eigenvalue weighted by Crippen LogP contribution is 2.41. The van der Waals surface area contributed by atoms with Gasteiger partial charge in [0.15, 0.2) is 11.5 Å². The summed E-state index contributed by atoms with van der Waals surface area (Å²) in [7, 11) is 2.33. The van der Waals surface area contributed by atoms with Crippen LogP contribution in [-0.4, -0.2) is 41.5 Å². The van der Waals surface area contributed by atoms with Gasteiger partial charge >= 0.3 is 11.9 Å². The van der Waals surface area contributed by atoms with Crippen LogP contribution in [-0.2, 0) is 0 Å². The van der Waals surface area contributed by atoms with Gasteiger partial charge in [-0.25, -0.2) is 9.59 Å². The Morgan fingerprint density at radius 2 is 1.71 bits per heavy atom. The molecular formula is C10H10O7. The molecule has 0 aliphatic heterocycles. The van der Waals surface area contributed by atoms with Gasteiger partial charge in [0.25, 0.3) is 0 Å². The second kappa shape index (κ2) is 4.60. The van der Waals surface area contributed by atoms with E-state index in [1.807, 2.05) is 0 Å². The van der Waals surface area contributed by atoms with Crippen LogP contribution in [0.1, 0.15) is 20.7 Å². The van der Waals surface area contributed by atoms with E-state index < -0.39 is 34.6 Å². The van der Waals surface area contributed by atoms with E-state index in [-0.39, 0.29) is 5.75 Å². The number of phenolic OH excluding ortho intramolecular Hbond substituents is 1. The molecule has 0 amide bonds. The third-order valence-corrected chi connectivity index (χ3v) is 2.09. The van der Waals surface area contributed by atoms with Crippen molar-refractivity contribution < 1.29 is 34.4 Å². The van der Waals surface area contributed by atoms with Gasteiger partial charge in [-0.05, 0) is 6.07 Å². The average Bonchev–Trinajstić information content (AvgIpc) is 2.27. The first-order valence-electron chi connectivity index (χ1n) is 4.38. The van der Waals surface area contributed by atoms with E-state index in [4.69, 9.17) is 19.7 Å². The number of carbonyl (C=O) groups is 2. The second-order valence-electron chi connectivity index (χ2n) is 2.99. The number of hydrogen-bond acceptors (Lipinski definition) is 5. The molecule has 0 aliphatic carbocycles. The first kappa shape index (κ1) is 12.6. The molecule has 0 aliphatic rings. The van der Waals surface area contributed by atoms with Gasteiger partial charge < -0.3 is 24.8 Å². The predicted molar refractivity (Wildman–Crippen MR) is 55.1 cm³/mol. The molecule has 0 heterocycles. The molecule has 0 radical (unpaired) electrons. The number of hydrogen-bond donors (Lipinski definition) is 3. The van der Waals surface area contributed by atoms with E-state index >= 15 is 0 Å². The lowest BCUT2D eigenvalue weighted by Gasteiger charge is -2.13. The van der Waals surface area contributed by atoms with Crippen molar-refractivity contribution in [3.63, 3.8) is 0 Å². The molecule has 0 atom stereocenters. The topological polar surface area (TPSA) is 113 Å². The normalized spacial score (nSPS) is 9.76. The van der Waals surface area contributed by atoms with Crippen LogP contribution in [0.2, 0.25) is 0 Å². The summed E-state index contributed by atoms with van der Waals surface area (Å²) in [6.45, 7) is 0. The molecule has 17 heavy (non-hydrogen) atoms. The van der Waals surface area contributed by atoms with Crippen LogP contribution < -0.4 is 9.47 Å². The minimum Gasteiger partial charge on any atom is -0.502 e. The fraction of sp³-hybridized carbons (Fsp3) is 0.200. The molecule has 1 aromatic carbocycles. The largest absolute Gasteiger partial charge is 0.502 e. The van der Waals surface area contributed by atoms with Crippen molar-refractivity contribution in [2.24, 2.45) is 0 Å². The molecule has 92 valence electrons. The number of ether oxygens (including phenoxy) is 2. The Morgan fingerprint density at radius 1 is 1.12 bits per heavy atom. The van der Waals surface area contributed by atoms with Crippen LogP contribution in [0.3, 0.4) is 0 Å². The van der Waals surface area contributed by atoms with E-state index in [2.05, 4.69) is 0 Å². The molecule has 3 N–H and O–H groups in total. The number of carboxylic acid groups (broad SMARTS) is 2. The molecule has 0 fully saturated rings. The summed E-state index contributed by atoms with van der Waals surface area (Å²) in [5.74, 6) is -4.16. The Labute approximate surface area is 95.8 Å². The van der Waals surface area contributed by atoms with Crippen molar-refractivity contribution in [3.05, 3.63) is 17.2 Å². The van der Waals surface area contributed by atoms with Gasteiger partial charge in [-0.15, -0.1) is 0 Å². The predicted octanol–water partition coefficient (Wildman–Crippen LogP) is 0.806. The maximum atomic E-state index is 11.0. The zero-order valence-electron chi connectivity index (χ0n) is 9.05. The maximum absolute atomic E-state index is 11.0. The second-order valence-corrected chi connectivity index (χ2v) is 2.99. The van der Waals surface area contributed by atoms with Crippen molar-refractivity contribution in [1.29, 1.82) is 0 Å². The van der Waals surface area contributed by atoms with Crippen molar-refractivity contribution in [2.75, 3.05) is 14.2 Å². The minimum atomic E-state index is -1.52. The highest BCUT2D eigenvalue weighted by atomic mass is 16.5. The van der Waals surface area contributed by atoms with Crippen molar-refractivity contribution in [2.45, 2.75) is 0 Å². The minimum absolute atomic E-state index is 0.177. The van der Waals surface area contributed by atoms with Crippen LogP contribution in [0.15, 0.2) is 6.07 Å². The molecule has 0 bridgehead atoms. The first-order valence-corrected chi connectivity index (χ1v) is 4.38. The number of methoxy groups -OCH3 is 2. The molecule has 1 rings (SSSR count). The van der Waals surface area contributed by atoms with Crippen LogP contribution in [0.4, 0.5) is 0 Å². The zero-order valence-corrected chi connectivity index (χ0v) is 9.05. The van der Waals surface area contributed by atoms with Gasteiger partial charge in [0.2, 0.25) is 5.75 Å². The quantitative estimate of drug-likeness (QED) is 0.715. The molecule has 0 aromatic heterocycles. The van der Waals surface area contributed by atoms with E-state index in [0.717, 1.165) is 13.2 Å². The lowest BCUT2D eigenvalue weighted by atomic mass is 10.0. The third kappa shape index (κ3) is 2.07. The Morgan fingerprint density at radius 3 is 2.06 bits per heavy atom. The summed E-state index contributed by atoms with van der Waals surface area (Å²) in [5.41, 5.74) is -1.15. The summed E-state index contributed by atoms with van der Waals surface area (Å²) >= 11 is 0. The summed E-state index contributed by atoms with van der Waals surface area (Å²) in [4.78, 5) is 21.9. The Bertz CT molecular complexity index is 478. The third-order valence-electron chi connectivity index (χ3n) is 2.09. The van der Waals surface area contributed by atoms with Crippen LogP contribution in [0, 0.1) is 0 Å². The molecule has 0 spiro atoms. The molecule has 1 aromatic rings. The van der Waals surface area contributed by atoms with E-state index in [0.29, 0.717) is 0 Å². The molecule has 0 saturated carbocycles. The lowest BCUT2D eigenvalue weighted by molar-refractivity contribution is 0.0647. The number of phenols is 1. The highest BCUT2D eigenvalue weighted by Gasteiger charge is 2.27. The van der Waals surface area contributed by atoms with E-state index in [1.54, 1.807) is 0 Å². The van der Waals surface area contributed by atoms with E-state index in [1.165, 1.54) is 7.11 Å². The van der Waals surface area contributed by atoms with Gasteiger partial charge in [-0.2, -0.15) is 0 Å². The van der Waals surface area contributed by atoms with E-state index in [9.17, 15) is 14.7 Å². The van der Waals surface area contributed by atoms with Crippen LogP contribution in [0.25, 0.3) is 0 Å². The summed E-state index contributed by atoms with van der Waals surface area (Å²) in [6, 6.07) is 0.920. The molecule has 0 saturated heterocycles.